The minimum atomic E-state index is -0.985. The predicted octanol–water partition coefficient (Wildman–Crippen LogP) is 3.07. The van der Waals surface area contributed by atoms with Gasteiger partial charge in [-0.05, 0) is 18.6 Å². The van der Waals surface area contributed by atoms with E-state index in [1.165, 1.54) is 0 Å². The number of carboxylic acids is 1. The molecule has 0 saturated carbocycles. The summed E-state index contributed by atoms with van der Waals surface area (Å²) < 4.78 is 0. The molecular weight excluding hydrogens is 216 g/mol. The van der Waals surface area contributed by atoms with Gasteiger partial charge in [0.25, 0.3) is 0 Å². The Morgan fingerprint density at radius 2 is 1.65 bits per heavy atom. The molecule has 0 saturated heterocycles. The van der Waals surface area contributed by atoms with Crippen molar-refractivity contribution >= 4 is 5.97 Å². The molecule has 0 radical (unpaired) electrons. The third-order valence-corrected chi connectivity index (χ3v) is 2.68. The zero-order valence-electron chi connectivity index (χ0n) is 9.34. The molecule has 0 bridgehead atoms. The van der Waals surface area contributed by atoms with Crippen LogP contribution in [-0.2, 0) is 0 Å². The third-order valence-electron chi connectivity index (χ3n) is 2.68. The molecule has 2 rings (SSSR count). The van der Waals surface area contributed by atoms with Gasteiger partial charge in [-0.2, -0.15) is 0 Å². The molecule has 3 heteroatoms. The highest BCUT2D eigenvalue weighted by molar-refractivity contribution is 5.98. The van der Waals surface area contributed by atoms with Crippen molar-refractivity contribution in [2.45, 2.75) is 6.92 Å². The first-order valence-corrected chi connectivity index (χ1v) is 5.22. The molecule has 0 aliphatic carbocycles. The number of carbonyl (C=O) groups is 1. The quantitative estimate of drug-likeness (QED) is 0.830. The highest BCUT2D eigenvalue weighted by atomic mass is 16.4. The lowest BCUT2D eigenvalue weighted by atomic mass is 9.95. The molecule has 0 aliphatic rings. The number of aryl methyl sites for hydroxylation is 1. The maximum absolute atomic E-state index is 11.2. The van der Waals surface area contributed by atoms with Crippen LogP contribution in [0.5, 0.6) is 5.75 Å². The Morgan fingerprint density at radius 3 is 2.29 bits per heavy atom. The number of hydrogen-bond acceptors (Lipinski definition) is 2. The van der Waals surface area contributed by atoms with Crippen molar-refractivity contribution < 1.29 is 15.0 Å². The topological polar surface area (TPSA) is 57.5 Å². The molecule has 0 fully saturated rings. The molecule has 86 valence electrons. The van der Waals surface area contributed by atoms with Crippen molar-refractivity contribution in [1.29, 1.82) is 0 Å². The van der Waals surface area contributed by atoms with Crippen molar-refractivity contribution in [3.8, 4) is 16.9 Å². The van der Waals surface area contributed by atoms with Gasteiger partial charge in [0, 0.05) is 11.1 Å². The van der Waals surface area contributed by atoms with Crippen LogP contribution in [0.1, 0.15) is 15.9 Å². The largest absolute Gasteiger partial charge is 0.507 e. The van der Waals surface area contributed by atoms with E-state index in [-0.39, 0.29) is 11.3 Å². The van der Waals surface area contributed by atoms with Gasteiger partial charge in [-0.15, -0.1) is 0 Å². The lowest BCUT2D eigenvalue weighted by Gasteiger charge is -2.10. The zero-order chi connectivity index (χ0) is 12.4. The summed E-state index contributed by atoms with van der Waals surface area (Å²) in [5.41, 5.74) is 1.98. The van der Waals surface area contributed by atoms with Crippen molar-refractivity contribution in [2.24, 2.45) is 0 Å². The molecule has 17 heavy (non-hydrogen) atoms. The summed E-state index contributed by atoms with van der Waals surface area (Å²) in [7, 11) is 0. The van der Waals surface area contributed by atoms with Crippen LogP contribution in [0.3, 0.4) is 0 Å². The fraction of sp³-hybridized carbons (Fsp3) is 0.0714. The van der Waals surface area contributed by atoms with Gasteiger partial charge in [-0.3, -0.25) is 0 Å². The fourth-order valence-corrected chi connectivity index (χ4v) is 1.88. The van der Waals surface area contributed by atoms with Crippen molar-refractivity contribution in [1.82, 2.24) is 0 Å². The highest BCUT2D eigenvalue weighted by Crippen LogP contribution is 2.32. The van der Waals surface area contributed by atoms with E-state index in [0.29, 0.717) is 16.7 Å². The number of aromatic hydroxyl groups is 1. The summed E-state index contributed by atoms with van der Waals surface area (Å²) in [6, 6.07) is 11.9. The Morgan fingerprint density at radius 1 is 1.00 bits per heavy atom. The Bertz CT molecular complexity index is 573. The van der Waals surface area contributed by atoms with Crippen LogP contribution in [0.4, 0.5) is 0 Å². The average molecular weight is 228 g/mol. The molecule has 0 aromatic heterocycles. The van der Waals surface area contributed by atoms with Crippen LogP contribution < -0.4 is 0 Å². The normalized spacial score (nSPS) is 10.2. The van der Waals surface area contributed by atoms with Crippen LogP contribution in [-0.4, -0.2) is 16.2 Å². The number of carboxylic acid groups (broad SMARTS) is 1. The van der Waals surface area contributed by atoms with E-state index in [1.54, 1.807) is 49.4 Å². The predicted molar refractivity (Wildman–Crippen MR) is 65.2 cm³/mol. The van der Waals surface area contributed by atoms with Crippen molar-refractivity contribution in [3.05, 3.63) is 53.6 Å². The van der Waals surface area contributed by atoms with Gasteiger partial charge >= 0.3 is 5.97 Å². The summed E-state index contributed by atoms with van der Waals surface area (Å²) in [5.74, 6) is -0.901. The first kappa shape index (κ1) is 11.2. The fourth-order valence-electron chi connectivity index (χ4n) is 1.88. The lowest BCUT2D eigenvalue weighted by Crippen LogP contribution is -2.02. The molecule has 0 amide bonds. The molecule has 0 atom stereocenters. The second kappa shape index (κ2) is 4.29. The van der Waals surface area contributed by atoms with Crippen LogP contribution in [0, 0.1) is 6.92 Å². The molecule has 0 spiro atoms. The molecule has 2 aromatic carbocycles. The minimum absolute atomic E-state index is 0.0839. The number of hydrogen-bond donors (Lipinski definition) is 2. The highest BCUT2D eigenvalue weighted by Gasteiger charge is 2.15. The Hall–Kier alpha value is -2.29. The number of aromatic carboxylic acids is 1. The van der Waals surface area contributed by atoms with Gasteiger partial charge < -0.3 is 10.2 Å². The van der Waals surface area contributed by atoms with E-state index in [4.69, 9.17) is 0 Å². The Balaban J connectivity index is 2.72. The van der Waals surface area contributed by atoms with Gasteiger partial charge in [-0.25, -0.2) is 4.79 Å². The summed E-state index contributed by atoms with van der Waals surface area (Å²) in [6.07, 6.45) is 0. The maximum Gasteiger partial charge on any atom is 0.336 e. The molecule has 0 aliphatic heterocycles. The van der Waals surface area contributed by atoms with E-state index in [0.717, 1.165) is 0 Å². The first-order valence-electron chi connectivity index (χ1n) is 5.22. The zero-order valence-corrected chi connectivity index (χ0v) is 9.34. The number of phenols is 1. The van der Waals surface area contributed by atoms with E-state index in [9.17, 15) is 15.0 Å². The summed E-state index contributed by atoms with van der Waals surface area (Å²) in [6.45, 7) is 1.74. The smallest absolute Gasteiger partial charge is 0.336 e. The molecule has 2 N–H and O–H groups in total. The molecule has 0 unspecified atom stereocenters. The standard InChI is InChI=1S/C14H12O3/c1-9-5-4-7-11(13(9)14(16)17)10-6-2-3-8-12(10)15/h2-8,15H,1H3,(H,16,17). The second-order valence-corrected chi connectivity index (χ2v) is 3.82. The maximum atomic E-state index is 11.2. The van der Waals surface area contributed by atoms with Gasteiger partial charge in [0.2, 0.25) is 0 Å². The van der Waals surface area contributed by atoms with Crippen LogP contribution >= 0.6 is 0 Å². The lowest BCUT2D eigenvalue weighted by molar-refractivity contribution is 0.0697. The molecular formula is C14H12O3. The number of benzene rings is 2. The average Bonchev–Trinajstić information content (AvgIpc) is 2.28. The van der Waals surface area contributed by atoms with Gasteiger partial charge in [-0.1, -0.05) is 36.4 Å². The Labute approximate surface area is 99.0 Å². The van der Waals surface area contributed by atoms with Crippen molar-refractivity contribution in [2.75, 3.05) is 0 Å². The molecule has 0 heterocycles. The van der Waals surface area contributed by atoms with Gasteiger partial charge in [0.05, 0.1) is 5.56 Å². The summed E-state index contributed by atoms with van der Waals surface area (Å²) >= 11 is 0. The summed E-state index contributed by atoms with van der Waals surface area (Å²) in [5, 5.41) is 19.0. The minimum Gasteiger partial charge on any atom is -0.507 e. The van der Waals surface area contributed by atoms with Gasteiger partial charge in [0.15, 0.2) is 0 Å². The monoisotopic (exact) mass is 228 g/mol. The van der Waals surface area contributed by atoms with Crippen LogP contribution in [0.2, 0.25) is 0 Å². The molecule has 3 nitrogen and oxygen atoms in total. The number of para-hydroxylation sites is 1. The summed E-state index contributed by atoms with van der Waals surface area (Å²) in [4.78, 5) is 11.2. The first-order chi connectivity index (χ1) is 8.11. The third kappa shape index (κ3) is 1.99. The van der Waals surface area contributed by atoms with E-state index >= 15 is 0 Å². The number of phenolic OH excluding ortho intramolecular Hbond substituents is 1. The van der Waals surface area contributed by atoms with Crippen LogP contribution in [0.15, 0.2) is 42.5 Å². The second-order valence-electron chi connectivity index (χ2n) is 3.82. The van der Waals surface area contributed by atoms with Crippen LogP contribution in [0.25, 0.3) is 11.1 Å². The van der Waals surface area contributed by atoms with E-state index in [2.05, 4.69) is 0 Å². The Kier molecular flexibility index (Phi) is 2.83. The SMILES string of the molecule is Cc1cccc(-c2ccccc2O)c1C(=O)O. The number of rotatable bonds is 2. The van der Waals surface area contributed by atoms with Crippen molar-refractivity contribution in [3.63, 3.8) is 0 Å². The van der Waals surface area contributed by atoms with E-state index < -0.39 is 5.97 Å². The van der Waals surface area contributed by atoms with E-state index in [1.807, 2.05) is 0 Å². The molecule has 2 aromatic rings. The van der Waals surface area contributed by atoms with Gasteiger partial charge in [0.1, 0.15) is 5.75 Å².